The van der Waals surface area contributed by atoms with Crippen LogP contribution in [0.15, 0.2) is 24.3 Å². The SMILES string of the molecule is CCOc1ccccc1CNCC(C)(C)C. The topological polar surface area (TPSA) is 21.3 Å². The maximum absolute atomic E-state index is 5.58. The Morgan fingerprint density at radius 3 is 2.50 bits per heavy atom. The molecule has 0 saturated carbocycles. The predicted molar refractivity (Wildman–Crippen MR) is 68.8 cm³/mol. The van der Waals surface area contributed by atoms with E-state index in [1.807, 2.05) is 19.1 Å². The van der Waals surface area contributed by atoms with E-state index in [1.54, 1.807) is 0 Å². The number of benzene rings is 1. The van der Waals surface area contributed by atoms with Gasteiger partial charge in [-0.3, -0.25) is 0 Å². The molecule has 1 rings (SSSR count). The molecule has 2 nitrogen and oxygen atoms in total. The Labute approximate surface area is 99.0 Å². The van der Waals surface area contributed by atoms with Crippen LogP contribution in [0.4, 0.5) is 0 Å². The summed E-state index contributed by atoms with van der Waals surface area (Å²) in [6, 6.07) is 8.20. The summed E-state index contributed by atoms with van der Waals surface area (Å²) >= 11 is 0. The van der Waals surface area contributed by atoms with E-state index in [-0.39, 0.29) is 0 Å². The summed E-state index contributed by atoms with van der Waals surface area (Å²) in [5, 5.41) is 3.46. The summed E-state index contributed by atoms with van der Waals surface area (Å²) in [6.45, 7) is 11.3. The van der Waals surface area contributed by atoms with Crippen molar-refractivity contribution in [1.82, 2.24) is 5.32 Å². The standard InChI is InChI=1S/C14H23NO/c1-5-16-13-9-7-6-8-12(13)10-15-11-14(2,3)4/h6-9,15H,5,10-11H2,1-4H3. The molecule has 0 heterocycles. The highest BCUT2D eigenvalue weighted by Gasteiger charge is 2.09. The lowest BCUT2D eigenvalue weighted by molar-refractivity contribution is 0.332. The fourth-order valence-electron chi connectivity index (χ4n) is 1.52. The first kappa shape index (κ1) is 13.0. The van der Waals surface area contributed by atoms with E-state index in [9.17, 15) is 0 Å². The number of ether oxygens (including phenoxy) is 1. The molecule has 0 bridgehead atoms. The van der Waals surface area contributed by atoms with Crippen molar-refractivity contribution in [2.45, 2.75) is 34.2 Å². The first-order chi connectivity index (χ1) is 7.53. The molecule has 0 saturated heterocycles. The van der Waals surface area contributed by atoms with Gasteiger partial charge in [-0.1, -0.05) is 39.0 Å². The van der Waals surface area contributed by atoms with E-state index in [1.165, 1.54) is 5.56 Å². The van der Waals surface area contributed by atoms with Crippen molar-refractivity contribution < 1.29 is 4.74 Å². The summed E-state index contributed by atoms with van der Waals surface area (Å²) in [5.74, 6) is 0.992. The van der Waals surface area contributed by atoms with Crippen LogP contribution in [0.1, 0.15) is 33.3 Å². The van der Waals surface area contributed by atoms with Crippen LogP contribution < -0.4 is 10.1 Å². The molecule has 0 atom stereocenters. The van der Waals surface area contributed by atoms with Gasteiger partial charge in [0.05, 0.1) is 6.61 Å². The predicted octanol–water partition coefficient (Wildman–Crippen LogP) is 3.22. The van der Waals surface area contributed by atoms with Gasteiger partial charge >= 0.3 is 0 Å². The molecule has 1 aromatic rings. The summed E-state index contributed by atoms with van der Waals surface area (Å²) in [6.07, 6.45) is 0. The Hall–Kier alpha value is -1.02. The quantitative estimate of drug-likeness (QED) is 0.824. The van der Waals surface area contributed by atoms with Crippen LogP contribution in [0.25, 0.3) is 0 Å². The molecule has 0 aliphatic heterocycles. The van der Waals surface area contributed by atoms with E-state index in [0.717, 1.165) is 25.4 Å². The number of rotatable bonds is 5. The van der Waals surface area contributed by atoms with Crippen LogP contribution in [0.3, 0.4) is 0 Å². The summed E-state index contributed by atoms with van der Waals surface area (Å²) in [4.78, 5) is 0. The lowest BCUT2D eigenvalue weighted by Crippen LogP contribution is -2.26. The highest BCUT2D eigenvalue weighted by atomic mass is 16.5. The van der Waals surface area contributed by atoms with Gasteiger partial charge in [0.25, 0.3) is 0 Å². The largest absolute Gasteiger partial charge is 0.494 e. The zero-order valence-electron chi connectivity index (χ0n) is 10.8. The lowest BCUT2D eigenvalue weighted by Gasteiger charge is -2.19. The van der Waals surface area contributed by atoms with Crippen LogP contribution in [0.2, 0.25) is 0 Å². The zero-order valence-corrected chi connectivity index (χ0v) is 10.8. The second kappa shape index (κ2) is 5.90. The van der Waals surface area contributed by atoms with Gasteiger partial charge in [0.2, 0.25) is 0 Å². The Balaban J connectivity index is 2.52. The van der Waals surface area contributed by atoms with Gasteiger partial charge in [-0.05, 0) is 18.4 Å². The van der Waals surface area contributed by atoms with E-state index in [4.69, 9.17) is 4.74 Å². The molecule has 0 amide bonds. The average Bonchev–Trinajstić information content (AvgIpc) is 2.19. The highest BCUT2D eigenvalue weighted by Crippen LogP contribution is 2.18. The van der Waals surface area contributed by atoms with Crippen molar-refractivity contribution in [2.24, 2.45) is 5.41 Å². The van der Waals surface area contributed by atoms with E-state index >= 15 is 0 Å². The Morgan fingerprint density at radius 1 is 1.19 bits per heavy atom. The van der Waals surface area contributed by atoms with Crippen LogP contribution in [-0.2, 0) is 6.54 Å². The second-order valence-corrected chi connectivity index (χ2v) is 5.20. The minimum Gasteiger partial charge on any atom is -0.494 e. The number of para-hydroxylation sites is 1. The monoisotopic (exact) mass is 221 g/mol. The van der Waals surface area contributed by atoms with Crippen molar-refractivity contribution in [3.8, 4) is 5.75 Å². The number of hydrogen-bond donors (Lipinski definition) is 1. The van der Waals surface area contributed by atoms with Gasteiger partial charge in [0.15, 0.2) is 0 Å². The fraction of sp³-hybridized carbons (Fsp3) is 0.571. The van der Waals surface area contributed by atoms with Crippen molar-refractivity contribution in [1.29, 1.82) is 0 Å². The molecule has 0 aliphatic carbocycles. The first-order valence-corrected chi connectivity index (χ1v) is 5.94. The summed E-state index contributed by atoms with van der Waals surface area (Å²) in [7, 11) is 0. The summed E-state index contributed by atoms with van der Waals surface area (Å²) < 4.78 is 5.58. The van der Waals surface area contributed by atoms with Gasteiger partial charge in [-0.2, -0.15) is 0 Å². The molecular formula is C14H23NO. The zero-order chi connectivity index (χ0) is 12.0. The Kier molecular flexibility index (Phi) is 4.81. The normalized spacial score (nSPS) is 11.5. The average molecular weight is 221 g/mol. The molecule has 1 N–H and O–H groups in total. The van der Waals surface area contributed by atoms with Crippen molar-refractivity contribution in [2.75, 3.05) is 13.2 Å². The minimum atomic E-state index is 0.320. The maximum atomic E-state index is 5.58. The molecular weight excluding hydrogens is 198 g/mol. The summed E-state index contributed by atoms with van der Waals surface area (Å²) in [5.41, 5.74) is 1.55. The van der Waals surface area contributed by atoms with Gasteiger partial charge in [-0.15, -0.1) is 0 Å². The number of hydrogen-bond acceptors (Lipinski definition) is 2. The third kappa shape index (κ3) is 4.67. The van der Waals surface area contributed by atoms with Crippen molar-refractivity contribution in [3.05, 3.63) is 29.8 Å². The molecule has 90 valence electrons. The first-order valence-electron chi connectivity index (χ1n) is 5.94. The molecule has 16 heavy (non-hydrogen) atoms. The molecule has 1 aromatic carbocycles. The van der Waals surface area contributed by atoms with E-state index in [0.29, 0.717) is 5.41 Å². The maximum Gasteiger partial charge on any atom is 0.123 e. The fourth-order valence-corrected chi connectivity index (χ4v) is 1.52. The van der Waals surface area contributed by atoms with Crippen LogP contribution >= 0.6 is 0 Å². The van der Waals surface area contributed by atoms with E-state index in [2.05, 4.69) is 38.2 Å². The molecule has 0 aliphatic rings. The molecule has 0 radical (unpaired) electrons. The van der Waals surface area contributed by atoms with Gasteiger partial charge < -0.3 is 10.1 Å². The second-order valence-electron chi connectivity index (χ2n) is 5.20. The van der Waals surface area contributed by atoms with Crippen LogP contribution in [0.5, 0.6) is 5.75 Å². The van der Waals surface area contributed by atoms with Crippen LogP contribution in [0, 0.1) is 5.41 Å². The Morgan fingerprint density at radius 2 is 1.88 bits per heavy atom. The third-order valence-electron chi connectivity index (χ3n) is 2.24. The molecule has 0 aromatic heterocycles. The molecule has 0 fully saturated rings. The van der Waals surface area contributed by atoms with E-state index < -0.39 is 0 Å². The third-order valence-corrected chi connectivity index (χ3v) is 2.24. The molecule has 0 spiro atoms. The number of nitrogens with one attached hydrogen (secondary N) is 1. The van der Waals surface area contributed by atoms with Gasteiger partial charge in [0.1, 0.15) is 5.75 Å². The minimum absolute atomic E-state index is 0.320. The molecule has 2 heteroatoms. The van der Waals surface area contributed by atoms with Gasteiger partial charge in [0, 0.05) is 18.7 Å². The molecule has 0 unspecified atom stereocenters. The van der Waals surface area contributed by atoms with Crippen molar-refractivity contribution >= 4 is 0 Å². The van der Waals surface area contributed by atoms with Gasteiger partial charge in [-0.25, -0.2) is 0 Å². The lowest BCUT2D eigenvalue weighted by atomic mass is 9.97. The van der Waals surface area contributed by atoms with Crippen LogP contribution in [-0.4, -0.2) is 13.2 Å². The smallest absolute Gasteiger partial charge is 0.123 e. The highest BCUT2D eigenvalue weighted by molar-refractivity contribution is 5.33. The van der Waals surface area contributed by atoms with Crippen molar-refractivity contribution in [3.63, 3.8) is 0 Å². The Bertz CT molecular complexity index is 315.